The van der Waals surface area contributed by atoms with E-state index in [1.807, 2.05) is 61.9 Å². The fourth-order valence-electron chi connectivity index (χ4n) is 11.5. The second-order valence-electron chi connectivity index (χ2n) is 21.7. The highest BCUT2D eigenvalue weighted by molar-refractivity contribution is 6.30. The van der Waals surface area contributed by atoms with E-state index in [1.165, 1.54) is 12.1 Å². The molecule has 4 aliphatic heterocycles. The van der Waals surface area contributed by atoms with Crippen LogP contribution in [0.5, 0.6) is 11.5 Å². The van der Waals surface area contributed by atoms with E-state index in [9.17, 15) is 18.8 Å². The average Bonchev–Trinajstić information content (AvgIpc) is 1.87. The molecule has 6 aromatic rings. The molecule has 84 heavy (non-hydrogen) atoms. The highest BCUT2D eigenvalue weighted by Gasteiger charge is 2.46. The first kappa shape index (κ1) is 59.4. The Bertz CT molecular complexity index is 3440. The van der Waals surface area contributed by atoms with E-state index in [0.29, 0.717) is 81.8 Å². The number of nitrogen functional groups attached to an aromatic ring is 1. The van der Waals surface area contributed by atoms with Crippen molar-refractivity contribution in [3.05, 3.63) is 152 Å². The minimum absolute atomic E-state index is 0.107. The molecule has 19 nitrogen and oxygen atoms in total. The van der Waals surface area contributed by atoms with Gasteiger partial charge in [0.05, 0.1) is 88.2 Å². The Morgan fingerprint density at radius 3 is 2.29 bits per heavy atom. The highest BCUT2D eigenvalue weighted by atomic mass is 35.5. The van der Waals surface area contributed by atoms with E-state index < -0.39 is 23.9 Å². The number of ether oxygens (including phenoxy) is 4. The molecule has 4 aliphatic rings. The number of pyridine rings is 1. The summed E-state index contributed by atoms with van der Waals surface area (Å²) in [5, 5.41) is 6.09. The van der Waals surface area contributed by atoms with Crippen LogP contribution in [-0.2, 0) is 32.2 Å². The maximum atomic E-state index is 15.1. The Balaban J connectivity index is 0.714. The van der Waals surface area contributed by atoms with Gasteiger partial charge in [-0.05, 0) is 111 Å². The van der Waals surface area contributed by atoms with Crippen molar-refractivity contribution in [2.45, 2.75) is 77.4 Å². The van der Waals surface area contributed by atoms with Gasteiger partial charge in [0.15, 0.2) is 0 Å². The molecule has 0 saturated carbocycles. The lowest BCUT2D eigenvalue weighted by Crippen LogP contribution is -2.56. The van der Waals surface area contributed by atoms with Crippen LogP contribution >= 0.6 is 23.2 Å². The molecule has 3 atom stereocenters. The standard InChI is InChI=1S/C62H70Cl2FN11O8/c1-38(2)84-53-34-46(81-6)18-20-48(53)60-68-57(40-9-13-43(63)14-10-40)58(41-11-15-44(64)16-12-41)76(60)62(80)73-25-24-72(55(78)37-73)27-29-83-31-30-82-28-21-54(77)70(4)23-26-75-39(3)56-42-32-52(59(66)67-35-42)74-22-7-8-51(74)49-33-45(65)17-19-47(49)61(79)71(5)36-50(56)69-75/h9-20,32-35,38,51,57-58H,7-8,21-31,36-37H2,1-6H3,(H2,66,67)/t51-,57+,58-/m1/s1. The number of aromatic nitrogens is 3. The molecule has 2 fully saturated rings. The number of carbonyl (C=O) groups is 4. The third kappa shape index (κ3) is 12.8. The van der Waals surface area contributed by atoms with Gasteiger partial charge in [0, 0.05) is 91.5 Å². The normalized spacial score (nSPS) is 17.9. The van der Waals surface area contributed by atoms with E-state index in [4.69, 9.17) is 58.0 Å². The number of amides is 5. The van der Waals surface area contributed by atoms with Gasteiger partial charge < -0.3 is 49.2 Å². The van der Waals surface area contributed by atoms with Crippen molar-refractivity contribution < 1.29 is 42.5 Å². The molecule has 22 heteroatoms. The van der Waals surface area contributed by atoms with Gasteiger partial charge in [0.1, 0.15) is 41.6 Å². The molecule has 5 amide bonds. The van der Waals surface area contributed by atoms with Crippen molar-refractivity contribution in [2.75, 3.05) is 97.5 Å². The van der Waals surface area contributed by atoms with Gasteiger partial charge >= 0.3 is 6.03 Å². The van der Waals surface area contributed by atoms with Crippen LogP contribution in [-0.4, -0.2) is 162 Å². The number of aliphatic imine (C=N–C) groups is 1. The summed E-state index contributed by atoms with van der Waals surface area (Å²) in [5.74, 6) is 0.818. The summed E-state index contributed by atoms with van der Waals surface area (Å²) in [6.07, 6.45) is 3.24. The van der Waals surface area contributed by atoms with E-state index in [-0.39, 0.29) is 88.9 Å². The van der Waals surface area contributed by atoms with Crippen molar-refractivity contribution >= 4 is 64.3 Å². The third-order valence-electron chi connectivity index (χ3n) is 15.9. The number of rotatable bonds is 18. The summed E-state index contributed by atoms with van der Waals surface area (Å²) in [6, 6.07) is 24.7. The molecular weight excluding hydrogens is 1120 g/mol. The fourth-order valence-corrected chi connectivity index (χ4v) is 11.8. The number of fused-ring (bicyclic) bond motifs is 8. The van der Waals surface area contributed by atoms with Crippen LogP contribution in [0.3, 0.4) is 0 Å². The number of anilines is 2. The number of methoxy groups -OCH3 is 1. The quantitative estimate of drug-likeness (QED) is 0.0803. The van der Waals surface area contributed by atoms with Crippen molar-refractivity contribution in [2.24, 2.45) is 4.99 Å². The number of piperazine rings is 1. The average molecular weight is 1190 g/mol. The molecule has 0 aliphatic carbocycles. The van der Waals surface area contributed by atoms with Crippen molar-refractivity contribution in [1.82, 2.24) is 39.3 Å². The second-order valence-corrected chi connectivity index (χ2v) is 22.6. The lowest BCUT2D eigenvalue weighted by atomic mass is 9.93. The van der Waals surface area contributed by atoms with Gasteiger partial charge in [-0.3, -0.25) is 29.0 Å². The zero-order valence-corrected chi connectivity index (χ0v) is 49.6. The van der Waals surface area contributed by atoms with E-state index >= 15 is 4.79 Å². The topological polar surface area (TPSA) is 194 Å². The van der Waals surface area contributed by atoms with Crippen LogP contribution in [0.1, 0.15) is 95.2 Å². The Hall–Kier alpha value is -7.78. The molecular formula is C62H70Cl2FN11O8. The summed E-state index contributed by atoms with van der Waals surface area (Å²) in [6.45, 7) is 9.05. The Labute approximate surface area is 498 Å². The summed E-state index contributed by atoms with van der Waals surface area (Å²) in [4.78, 5) is 76.6. The lowest BCUT2D eigenvalue weighted by Gasteiger charge is -2.38. The van der Waals surface area contributed by atoms with Crippen molar-refractivity contribution in [1.29, 1.82) is 0 Å². The SMILES string of the molecule is COc1ccc(C2=N[C@@H](c3ccc(Cl)cc3)[C@@H](c3ccc(Cl)cc3)N2C(=O)N2CCN(CCOCCOCCC(=O)N(C)CCn3nc4c(c3C)-c3cnc(N)c(c3)N3CCC[C@@H]3c3cc(F)ccc3C(=O)N(C)C4)C(=O)C2)c(OC(C)C)c1. The minimum Gasteiger partial charge on any atom is -0.497 e. The number of urea groups is 1. The molecule has 4 aromatic carbocycles. The van der Waals surface area contributed by atoms with E-state index in [0.717, 1.165) is 46.5 Å². The second kappa shape index (κ2) is 26.0. The first-order valence-corrected chi connectivity index (χ1v) is 29.1. The number of nitrogens with zero attached hydrogens (tertiary/aromatic N) is 10. The highest BCUT2D eigenvalue weighted by Crippen LogP contribution is 2.47. The van der Waals surface area contributed by atoms with Gasteiger partial charge in [-0.25, -0.2) is 14.2 Å². The number of benzene rings is 4. The first-order chi connectivity index (χ1) is 40.5. The molecule has 2 saturated heterocycles. The van der Waals surface area contributed by atoms with Crippen molar-refractivity contribution in [3.8, 4) is 22.6 Å². The first-order valence-electron chi connectivity index (χ1n) is 28.3. The largest absolute Gasteiger partial charge is 0.497 e. The zero-order chi connectivity index (χ0) is 59.3. The molecule has 0 unspecified atom stereocenters. The molecule has 2 aromatic heterocycles. The van der Waals surface area contributed by atoms with Crippen LogP contribution in [0.25, 0.3) is 11.1 Å². The molecule has 6 heterocycles. The molecule has 2 N–H and O–H groups in total. The van der Waals surface area contributed by atoms with Gasteiger partial charge in [0.2, 0.25) is 11.8 Å². The third-order valence-corrected chi connectivity index (χ3v) is 16.4. The van der Waals surface area contributed by atoms with Crippen LogP contribution in [0.4, 0.5) is 20.7 Å². The van der Waals surface area contributed by atoms with Crippen LogP contribution in [0.15, 0.2) is 102 Å². The Kier molecular flexibility index (Phi) is 18.4. The summed E-state index contributed by atoms with van der Waals surface area (Å²) in [5.41, 5.74) is 13.6. The maximum Gasteiger partial charge on any atom is 0.326 e. The lowest BCUT2D eigenvalue weighted by molar-refractivity contribution is -0.135. The molecule has 2 bridgehead atoms. The van der Waals surface area contributed by atoms with Gasteiger partial charge in [-0.2, -0.15) is 5.10 Å². The van der Waals surface area contributed by atoms with E-state index in [2.05, 4.69) is 9.88 Å². The van der Waals surface area contributed by atoms with Crippen LogP contribution in [0, 0.1) is 12.7 Å². The Morgan fingerprint density at radius 2 is 1.57 bits per heavy atom. The summed E-state index contributed by atoms with van der Waals surface area (Å²) in [7, 11) is 5.04. The summed E-state index contributed by atoms with van der Waals surface area (Å²) < 4.78 is 40.2. The number of hydrogen-bond acceptors (Lipinski definition) is 13. The maximum absolute atomic E-state index is 15.1. The minimum atomic E-state index is -0.631. The molecule has 10 rings (SSSR count). The van der Waals surface area contributed by atoms with Gasteiger partial charge in [-0.15, -0.1) is 0 Å². The van der Waals surface area contributed by atoms with Crippen molar-refractivity contribution in [3.63, 3.8) is 0 Å². The Morgan fingerprint density at radius 1 is 0.857 bits per heavy atom. The van der Waals surface area contributed by atoms with Gasteiger partial charge in [0.25, 0.3) is 5.91 Å². The van der Waals surface area contributed by atoms with Crippen LogP contribution in [0.2, 0.25) is 10.0 Å². The number of nitrogens with two attached hydrogens (primary N) is 1. The number of hydrogen-bond donors (Lipinski definition) is 1. The molecule has 442 valence electrons. The monoisotopic (exact) mass is 1190 g/mol. The fraction of sp³-hybridized carbons (Fsp3) is 0.403. The predicted octanol–water partition coefficient (Wildman–Crippen LogP) is 9.40. The number of amidine groups is 1. The van der Waals surface area contributed by atoms with E-state index in [1.54, 1.807) is 94.4 Å². The summed E-state index contributed by atoms with van der Waals surface area (Å²) >= 11 is 12.7. The van der Waals surface area contributed by atoms with Crippen LogP contribution < -0.4 is 20.1 Å². The number of likely N-dealkylation sites (N-methyl/N-ethyl adjacent to an activating group) is 1. The van der Waals surface area contributed by atoms with Gasteiger partial charge in [-0.1, -0.05) is 47.5 Å². The predicted molar refractivity (Wildman–Crippen MR) is 319 cm³/mol. The number of carbonyl (C=O) groups excluding carboxylic acids is 4. The zero-order valence-electron chi connectivity index (χ0n) is 48.1. The molecule has 0 spiro atoms. The smallest absolute Gasteiger partial charge is 0.326 e. The number of halogens is 3. The molecule has 0 radical (unpaired) electrons.